The van der Waals surface area contributed by atoms with E-state index in [1.807, 2.05) is 0 Å². The number of nitrogens with zero attached hydrogens (tertiary/aromatic N) is 2. The van der Waals surface area contributed by atoms with Crippen LogP contribution in [0.15, 0.2) is 58.7 Å². The summed E-state index contributed by atoms with van der Waals surface area (Å²) in [5.74, 6) is -0.945. The van der Waals surface area contributed by atoms with E-state index in [-0.39, 0.29) is 33.6 Å². The monoisotopic (exact) mass is 517 g/mol. The zero-order valence-electron chi connectivity index (χ0n) is 18.9. The molecule has 0 aliphatic heterocycles. The van der Waals surface area contributed by atoms with Crippen LogP contribution in [0.2, 0.25) is 0 Å². The molecule has 36 heavy (non-hydrogen) atoms. The minimum absolute atomic E-state index is 0.00846. The van der Waals surface area contributed by atoms with Crippen molar-refractivity contribution in [2.45, 2.75) is 13.1 Å². The number of hydrogen-bond acceptors (Lipinski definition) is 7. The Morgan fingerprint density at radius 3 is 2.33 bits per heavy atom. The molecule has 0 saturated carbocycles. The molecule has 0 radical (unpaired) electrons. The van der Waals surface area contributed by atoms with Crippen LogP contribution >= 0.6 is 11.3 Å². The molecule has 186 valence electrons. The van der Waals surface area contributed by atoms with E-state index in [9.17, 15) is 27.6 Å². The number of nitrogens with one attached hydrogen (secondary N) is 1. The van der Waals surface area contributed by atoms with Crippen LogP contribution in [0.4, 0.5) is 18.2 Å². The normalized spacial score (nSPS) is 11.4. The van der Waals surface area contributed by atoms with Crippen molar-refractivity contribution in [2.24, 2.45) is 0 Å². The molecule has 4 rings (SSSR count). The predicted molar refractivity (Wildman–Crippen MR) is 127 cm³/mol. The molecule has 0 aliphatic carbocycles. The number of methoxy groups -OCH3 is 1. The number of ether oxygens (including phenoxy) is 2. The van der Waals surface area contributed by atoms with E-state index < -0.39 is 29.2 Å². The Balaban J connectivity index is 1.80. The highest BCUT2D eigenvalue weighted by Gasteiger charge is 2.30. The number of hydrogen-bond donors (Lipinski definition) is 1. The Bertz CT molecular complexity index is 1490. The summed E-state index contributed by atoms with van der Waals surface area (Å²) in [6.45, 7) is 1.70. The van der Waals surface area contributed by atoms with Gasteiger partial charge in [-0.2, -0.15) is 23.0 Å². The first-order valence-electron chi connectivity index (χ1n) is 10.5. The fourth-order valence-corrected chi connectivity index (χ4v) is 4.31. The van der Waals surface area contributed by atoms with Crippen LogP contribution < -0.4 is 15.6 Å². The Morgan fingerprint density at radius 2 is 1.75 bits per heavy atom. The zero-order chi connectivity index (χ0) is 26.0. The maximum atomic E-state index is 13.4. The van der Waals surface area contributed by atoms with E-state index in [2.05, 4.69) is 10.4 Å². The largest absolute Gasteiger partial charge is 0.497 e. The van der Waals surface area contributed by atoms with Crippen molar-refractivity contribution in [2.75, 3.05) is 19.0 Å². The molecule has 2 heterocycles. The lowest BCUT2D eigenvalue weighted by Gasteiger charge is -2.11. The zero-order valence-corrected chi connectivity index (χ0v) is 19.7. The van der Waals surface area contributed by atoms with E-state index in [4.69, 9.17) is 9.47 Å². The third kappa shape index (κ3) is 4.80. The summed E-state index contributed by atoms with van der Waals surface area (Å²) < 4.78 is 49.7. The highest BCUT2D eigenvalue weighted by molar-refractivity contribution is 7.16. The van der Waals surface area contributed by atoms with Gasteiger partial charge >= 0.3 is 12.1 Å². The SMILES string of the molecule is CCOC(=O)c1nn(-c2ccc(OC)cc2)c(=O)c2c(NC(=O)c3ccc(C(F)(F)F)cc3)scc12. The van der Waals surface area contributed by atoms with Gasteiger partial charge in [0.25, 0.3) is 11.5 Å². The second-order valence-corrected chi connectivity index (χ2v) is 8.25. The molecule has 0 atom stereocenters. The molecule has 0 bridgehead atoms. The summed E-state index contributed by atoms with van der Waals surface area (Å²) in [7, 11) is 1.49. The van der Waals surface area contributed by atoms with Gasteiger partial charge in [-0.15, -0.1) is 11.3 Å². The lowest BCUT2D eigenvalue weighted by molar-refractivity contribution is -0.137. The fourth-order valence-electron chi connectivity index (χ4n) is 3.38. The standard InChI is InChI=1S/C24H18F3N3O5S/c1-3-35-23(33)19-17-12-36-21(28-20(31)13-4-6-14(7-5-13)24(25,26)27)18(17)22(32)30(29-19)15-8-10-16(34-2)11-9-15/h4-12H,3H2,1-2H3,(H,28,31). The first-order chi connectivity index (χ1) is 17.1. The van der Waals surface area contributed by atoms with E-state index >= 15 is 0 Å². The summed E-state index contributed by atoms with van der Waals surface area (Å²) in [4.78, 5) is 38.8. The second kappa shape index (κ2) is 9.82. The summed E-state index contributed by atoms with van der Waals surface area (Å²) in [5, 5.41) is 8.54. The molecule has 1 amide bonds. The number of benzene rings is 2. The number of anilines is 1. The number of esters is 1. The van der Waals surface area contributed by atoms with Gasteiger partial charge < -0.3 is 14.8 Å². The Morgan fingerprint density at radius 1 is 1.08 bits per heavy atom. The number of fused-ring (bicyclic) bond motifs is 1. The fraction of sp³-hybridized carbons (Fsp3) is 0.167. The van der Waals surface area contributed by atoms with Gasteiger partial charge in [-0.25, -0.2) is 4.79 Å². The molecule has 2 aromatic carbocycles. The van der Waals surface area contributed by atoms with Gasteiger partial charge in [0.2, 0.25) is 0 Å². The molecule has 0 spiro atoms. The molecule has 0 unspecified atom stereocenters. The number of carbonyl (C=O) groups is 2. The smallest absolute Gasteiger partial charge is 0.416 e. The Labute approximate surface area is 205 Å². The van der Waals surface area contributed by atoms with Crippen LogP contribution in [0.1, 0.15) is 33.3 Å². The summed E-state index contributed by atoms with van der Waals surface area (Å²) in [6.07, 6.45) is -4.54. The molecule has 0 fully saturated rings. The number of amides is 1. The van der Waals surface area contributed by atoms with E-state index in [1.54, 1.807) is 31.2 Å². The van der Waals surface area contributed by atoms with Gasteiger partial charge in [-0.05, 0) is 55.5 Å². The highest BCUT2D eigenvalue weighted by Crippen LogP contribution is 2.32. The lowest BCUT2D eigenvalue weighted by Crippen LogP contribution is -2.25. The third-order valence-electron chi connectivity index (χ3n) is 5.14. The van der Waals surface area contributed by atoms with E-state index in [0.29, 0.717) is 11.4 Å². The molecule has 4 aromatic rings. The Kier molecular flexibility index (Phi) is 6.80. The van der Waals surface area contributed by atoms with Crippen LogP contribution in [0.3, 0.4) is 0 Å². The number of alkyl halides is 3. The van der Waals surface area contributed by atoms with Crippen molar-refractivity contribution in [1.29, 1.82) is 0 Å². The highest BCUT2D eigenvalue weighted by atomic mass is 32.1. The van der Waals surface area contributed by atoms with E-state index in [1.165, 1.54) is 12.5 Å². The third-order valence-corrected chi connectivity index (χ3v) is 6.04. The molecule has 0 saturated heterocycles. The second-order valence-electron chi connectivity index (χ2n) is 7.37. The van der Waals surface area contributed by atoms with Crippen molar-refractivity contribution in [1.82, 2.24) is 9.78 Å². The van der Waals surface area contributed by atoms with Gasteiger partial charge in [0.1, 0.15) is 10.8 Å². The molecule has 1 N–H and O–H groups in total. The lowest BCUT2D eigenvalue weighted by atomic mass is 10.1. The van der Waals surface area contributed by atoms with E-state index in [0.717, 1.165) is 40.3 Å². The number of thiophene rings is 1. The average molecular weight is 517 g/mol. The van der Waals surface area contributed by atoms with Crippen molar-refractivity contribution >= 4 is 39.0 Å². The number of carbonyl (C=O) groups excluding carboxylic acids is 2. The first kappa shape index (κ1) is 24.9. The topological polar surface area (TPSA) is 99.5 Å². The van der Waals surface area contributed by atoms with Crippen LogP contribution in [0.5, 0.6) is 5.75 Å². The van der Waals surface area contributed by atoms with Gasteiger partial charge in [0, 0.05) is 16.3 Å². The van der Waals surface area contributed by atoms with Gasteiger partial charge in [0.05, 0.1) is 30.4 Å². The van der Waals surface area contributed by atoms with Crippen molar-refractivity contribution in [3.05, 3.63) is 81.1 Å². The van der Waals surface area contributed by atoms with Crippen LogP contribution in [-0.2, 0) is 10.9 Å². The van der Waals surface area contributed by atoms with Crippen LogP contribution in [0, 0.1) is 0 Å². The average Bonchev–Trinajstić information content (AvgIpc) is 3.28. The number of rotatable bonds is 6. The van der Waals surface area contributed by atoms with Crippen molar-refractivity contribution in [3.63, 3.8) is 0 Å². The van der Waals surface area contributed by atoms with Crippen molar-refractivity contribution < 1.29 is 32.2 Å². The van der Waals surface area contributed by atoms with Gasteiger partial charge in [0.15, 0.2) is 5.69 Å². The Hall–Kier alpha value is -4.19. The number of halogens is 3. The first-order valence-corrected chi connectivity index (χ1v) is 11.4. The van der Waals surface area contributed by atoms with Crippen LogP contribution in [0.25, 0.3) is 16.5 Å². The predicted octanol–water partition coefficient (Wildman–Crippen LogP) is 4.90. The molecular formula is C24H18F3N3O5S. The van der Waals surface area contributed by atoms with Gasteiger partial charge in [-0.3, -0.25) is 9.59 Å². The van der Waals surface area contributed by atoms with Crippen molar-refractivity contribution in [3.8, 4) is 11.4 Å². The minimum Gasteiger partial charge on any atom is -0.497 e. The quantitative estimate of drug-likeness (QED) is 0.365. The van der Waals surface area contributed by atoms with Crippen LogP contribution in [-0.4, -0.2) is 35.4 Å². The maximum absolute atomic E-state index is 13.4. The maximum Gasteiger partial charge on any atom is 0.416 e. The summed E-state index contributed by atoms with van der Waals surface area (Å²) in [6, 6.07) is 10.0. The molecular weight excluding hydrogens is 499 g/mol. The van der Waals surface area contributed by atoms with Gasteiger partial charge in [-0.1, -0.05) is 0 Å². The molecule has 0 aliphatic rings. The molecule has 2 aromatic heterocycles. The summed E-state index contributed by atoms with van der Waals surface area (Å²) in [5.41, 5.74) is -1.35. The molecule has 12 heteroatoms. The number of aromatic nitrogens is 2. The summed E-state index contributed by atoms with van der Waals surface area (Å²) >= 11 is 0.974. The molecule has 8 nitrogen and oxygen atoms in total. The minimum atomic E-state index is -4.54.